The molecule has 2 fully saturated rings. The molecule has 9 nitrogen and oxygen atoms in total. The zero-order valence-corrected chi connectivity index (χ0v) is 28.0. The monoisotopic (exact) mass is 678 g/mol. The fourth-order valence-electron chi connectivity index (χ4n) is 9.41. The predicted molar refractivity (Wildman–Crippen MR) is 190 cm³/mol. The maximum absolute atomic E-state index is 15.2. The standard InChI is InChI=1S/C42H34N2O7/c1-23-18-26(19-24(2)38(23)46)37-30-16-17-31-36(41(49)43(40(31)48)28-14-9-15-29(20-28)44(50)51)33(30)21-34-39(47)32(25-10-5-3-6-11-25)22-35(45)42(34,37)27-12-7-4-8-13-27/h3-16,18-20,22,31,33-34,36-37,46H,17,21H2,1-2H3/t31-,33+,34-,36-,37-,42-/m0/s1. The third-order valence-corrected chi connectivity index (χ3v) is 11.5. The number of ketones is 2. The maximum atomic E-state index is 15.2. The van der Waals surface area contributed by atoms with Gasteiger partial charge in [0.1, 0.15) is 5.75 Å². The van der Waals surface area contributed by atoms with Gasteiger partial charge in [-0.1, -0.05) is 90.5 Å². The average Bonchev–Trinajstić information content (AvgIpc) is 3.40. The summed E-state index contributed by atoms with van der Waals surface area (Å²) in [6.07, 6.45) is 3.83. The topological polar surface area (TPSA) is 135 Å². The predicted octanol–water partition coefficient (Wildman–Crippen LogP) is 6.95. The summed E-state index contributed by atoms with van der Waals surface area (Å²) in [7, 11) is 0. The number of rotatable bonds is 5. The SMILES string of the molecule is Cc1cc([C@H]2C3=CC[C@@H]4C(=O)N(c5cccc([N+](=O)[O-])c5)C(=O)[C@@H]4[C@@H]3C[C@H]3C(=O)C(c4ccccc4)=CC(=O)[C@@]23c2ccccc2)cc(C)c1O. The van der Waals surface area contributed by atoms with Crippen molar-refractivity contribution in [3.05, 3.63) is 153 Å². The van der Waals surface area contributed by atoms with Crippen molar-refractivity contribution in [1.82, 2.24) is 0 Å². The quantitative estimate of drug-likeness (QED) is 0.105. The van der Waals surface area contributed by atoms with Crippen molar-refractivity contribution in [2.75, 3.05) is 4.90 Å². The first kappa shape index (κ1) is 32.3. The van der Waals surface area contributed by atoms with E-state index >= 15 is 9.59 Å². The van der Waals surface area contributed by atoms with Crippen LogP contribution in [0.25, 0.3) is 5.57 Å². The lowest BCUT2D eigenvalue weighted by Crippen LogP contribution is -2.58. The van der Waals surface area contributed by atoms with Gasteiger partial charge in [-0.15, -0.1) is 0 Å². The molecule has 8 rings (SSSR count). The van der Waals surface area contributed by atoms with Crippen LogP contribution in [0.1, 0.15) is 46.6 Å². The Morgan fingerprint density at radius 2 is 1.49 bits per heavy atom. The number of phenolic OH excluding ortho intramolecular Hbond substituents is 1. The Morgan fingerprint density at radius 3 is 2.16 bits per heavy atom. The molecule has 0 unspecified atom stereocenters. The number of non-ortho nitro benzene ring substituents is 1. The number of aromatic hydroxyl groups is 1. The molecule has 0 radical (unpaired) electrons. The smallest absolute Gasteiger partial charge is 0.271 e. The van der Waals surface area contributed by atoms with Crippen molar-refractivity contribution in [3.8, 4) is 5.75 Å². The van der Waals surface area contributed by atoms with Gasteiger partial charge < -0.3 is 5.11 Å². The average molecular weight is 679 g/mol. The number of benzene rings is 4. The number of nitrogens with zero attached hydrogens (tertiary/aromatic N) is 2. The summed E-state index contributed by atoms with van der Waals surface area (Å²) in [5, 5.41) is 22.4. The molecule has 4 aromatic carbocycles. The molecule has 4 aliphatic rings. The lowest BCUT2D eigenvalue weighted by Gasteiger charge is -2.55. The minimum atomic E-state index is -1.38. The van der Waals surface area contributed by atoms with E-state index in [4.69, 9.17) is 0 Å². The van der Waals surface area contributed by atoms with E-state index in [0.717, 1.165) is 16.0 Å². The molecule has 0 spiro atoms. The van der Waals surface area contributed by atoms with Crippen LogP contribution >= 0.6 is 0 Å². The number of carbonyl (C=O) groups is 4. The van der Waals surface area contributed by atoms with E-state index in [0.29, 0.717) is 27.8 Å². The lowest BCUT2D eigenvalue weighted by atomic mass is 9.44. The number of Topliss-reactive ketones (excluding diaryl/α,β-unsaturated/α-hetero) is 1. The van der Waals surface area contributed by atoms with E-state index in [2.05, 4.69) is 0 Å². The molecule has 1 N–H and O–H groups in total. The van der Waals surface area contributed by atoms with Crippen LogP contribution in [0.15, 0.2) is 115 Å². The van der Waals surface area contributed by atoms with Crippen LogP contribution in [0.4, 0.5) is 11.4 Å². The molecule has 254 valence electrons. The van der Waals surface area contributed by atoms with Gasteiger partial charge in [-0.25, -0.2) is 4.90 Å². The van der Waals surface area contributed by atoms with Gasteiger partial charge in [0.2, 0.25) is 11.8 Å². The fraction of sp³-hybridized carbons (Fsp3) is 0.238. The number of nitro benzene ring substituents is 1. The van der Waals surface area contributed by atoms with Crippen LogP contribution in [0.3, 0.4) is 0 Å². The van der Waals surface area contributed by atoms with Crippen LogP contribution in [0.2, 0.25) is 0 Å². The highest BCUT2D eigenvalue weighted by Crippen LogP contribution is 2.64. The van der Waals surface area contributed by atoms with Crippen LogP contribution in [-0.2, 0) is 24.6 Å². The zero-order chi connectivity index (χ0) is 35.8. The summed E-state index contributed by atoms with van der Waals surface area (Å²) in [5.41, 5.74) is 2.88. The summed E-state index contributed by atoms with van der Waals surface area (Å²) >= 11 is 0. The van der Waals surface area contributed by atoms with Gasteiger partial charge in [0, 0.05) is 29.5 Å². The summed E-state index contributed by atoms with van der Waals surface area (Å²) in [6, 6.07) is 27.6. The second kappa shape index (κ2) is 11.8. The van der Waals surface area contributed by atoms with Gasteiger partial charge >= 0.3 is 0 Å². The van der Waals surface area contributed by atoms with Gasteiger partial charge in [0.15, 0.2) is 11.6 Å². The number of hydrogen-bond donors (Lipinski definition) is 1. The van der Waals surface area contributed by atoms with E-state index in [1.165, 1.54) is 30.3 Å². The Morgan fingerprint density at radius 1 is 0.824 bits per heavy atom. The molecular formula is C42H34N2O7. The molecule has 1 saturated heterocycles. The first-order valence-electron chi connectivity index (χ1n) is 17.1. The Balaban J connectivity index is 1.36. The largest absolute Gasteiger partial charge is 0.507 e. The molecule has 51 heavy (non-hydrogen) atoms. The number of anilines is 1. The van der Waals surface area contributed by atoms with Crippen molar-refractivity contribution in [2.45, 2.75) is 38.0 Å². The van der Waals surface area contributed by atoms with Gasteiger partial charge in [-0.05, 0) is 72.6 Å². The van der Waals surface area contributed by atoms with E-state index in [-0.39, 0.29) is 41.5 Å². The third-order valence-electron chi connectivity index (χ3n) is 11.5. The van der Waals surface area contributed by atoms with Crippen LogP contribution < -0.4 is 4.90 Å². The highest BCUT2D eigenvalue weighted by molar-refractivity contribution is 6.32. The molecule has 3 aliphatic carbocycles. The molecule has 1 aliphatic heterocycles. The second-order valence-corrected chi connectivity index (χ2v) is 14.1. The van der Waals surface area contributed by atoms with E-state index in [9.17, 15) is 24.8 Å². The van der Waals surface area contributed by atoms with Crippen molar-refractivity contribution < 1.29 is 29.2 Å². The Hall–Kier alpha value is -5.96. The molecule has 1 saturated carbocycles. The van der Waals surface area contributed by atoms with E-state index < -0.39 is 51.7 Å². The maximum Gasteiger partial charge on any atom is 0.271 e. The van der Waals surface area contributed by atoms with Crippen molar-refractivity contribution >= 4 is 40.3 Å². The first-order valence-corrected chi connectivity index (χ1v) is 17.1. The van der Waals surface area contributed by atoms with Crippen LogP contribution in [-0.4, -0.2) is 33.4 Å². The Kier molecular flexibility index (Phi) is 7.48. The van der Waals surface area contributed by atoms with E-state index in [1.807, 2.05) is 66.7 Å². The second-order valence-electron chi connectivity index (χ2n) is 14.1. The normalized spacial score (nSPS) is 26.9. The summed E-state index contributed by atoms with van der Waals surface area (Å²) in [4.78, 5) is 70.9. The van der Waals surface area contributed by atoms with Gasteiger partial charge in [0.05, 0.1) is 27.9 Å². The number of nitro groups is 1. The summed E-state index contributed by atoms with van der Waals surface area (Å²) < 4.78 is 0. The highest BCUT2D eigenvalue weighted by Gasteiger charge is 2.66. The number of aryl methyl sites for hydroxylation is 2. The summed E-state index contributed by atoms with van der Waals surface area (Å²) in [6.45, 7) is 3.59. The first-order chi connectivity index (χ1) is 24.5. The molecule has 9 heteroatoms. The number of carbonyl (C=O) groups excluding carboxylic acids is 4. The van der Waals surface area contributed by atoms with Crippen LogP contribution in [0.5, 0.6) is 5.75 Å². The Labute approximate surface area is 294 Å². The van der Waals surface area contributed by atoms with Crippen molar-refractivity contribution in [2.24, 2.45) is 23.7 Å². The van der Waals surface area contributed by atoms with Crippen molar-refractivity contribution in [3.63, 3.8) is 0 Å². The molecule has 0 bridgehead atoms. The number of allylic oxidation sites excluding steroid dienone is 4. The van der Waals surface area contributed by atoms with Crippen molar-refractivity contribution in [1.29, 1.82) is 0 Å². The molecular weight excluding hydrogens is 644 g/mol. The highest BCUT2D eigenvalue weighted by atomic mass is 16.6. The van der Waals surface area contributed by atoms with Crippen LogP contribution in [0, 0.1) is 47.6 Å². The number of fused-ring (bicyclic) bond motifs is 4. The van der Waals surface area contributed by atoms with Gasteiger partial charge in [-0.2, -0.15) is 0 Å². The molecule has 6 atom stereocenters. The number of amides is 2. The zero-order valence-electron chi connectivity index (χ0n) is 28.0. The fourth-order valence-corrected chi connectivity index (χ4v) is 9.41. The van der Waals surface area contributed by atoms with Gasteiger partial charge in [0.25, 0.3) is 5.69 Å². The molecule has 4 aromatic rings. The van der Waals surface area contributed by atoms with Gasteiger partial charge in [-0.3, -0.25) is 29.3 Å². The number of imide groups is 1. The van der Waals surface area contributed by atoms with E-state index in [1.54, 1.807) is 26.0 Å². The molecule has 2 amide bonds. The molecule has 0 aromatic heterocycles. The minimum Gasteiger partial charge on any atom is -0.507 e. The summed E-state index contributed by atoms with van der Waals surface area (Å²) in [5.74, 6) is -4.99. The third kappa shape index (κ3) is 4.67. The number of phenols is 1. The Bertz CT molecular complexity index is 2220. The minimum absolute atomic E-state index is 0.129. The molecule has 1 heterocycles. The lowest BCUT2D eigenvalue weighted by molar-refractivity contribution is -0.384. The number of hydrogen-bond acceptors (Lipinski definition) is 7.